The Kier molecular flexibility index (Phi) is 3.80. The number of sulfone groups is 1. The Labute approximate surface area is 112 Å². The molecule has 1 heterocycles. The van der Waals surface area contributed by atoms with Crippen molar-refractivity contribution in [2.75, 3.05) is 12.9 Å². The third-order valence-corrected chi connectivity index (χ3v) is 5.76. The van der Waals surface area contributed by atoms with Gasteiger partial charge >= 0.3 is 0 Å². The van der Waals surface area contributed by atoms with E-state index in [9.17, 15) is 13.2 Å². The topological polar surface area (TPSA) is 72.5 Å². The van der Waals surface area contributed by atoms with E-state index in [1.807, 2.05) is 0 Å². The molecule has 6 heteroatoms. The molecule has 1 saturated heterocycles. The fraction of sp³-hybridized carbons (Fsp3) is 0.462. The van der Waals surface area contributed by atoms with Crippen LogP contribution in [0.1, 0.15) is 23.7 Å². The minimum Gasteiger partial charge on any atom is -0.497 e. The van der Waals surface area contributed by atoms with Crippen molar-refractivity contribution in [3.05, 3.63) is 29.8 Å². The molecule has 1 aliphatic rings. The molecule has 1 amide bonds. The predicted octanol–water partition coefficient (Wildman–Crippen LogP) is 1.00. The molecule has 0 spiro atoms. The average molecular weight is 283 g/mol. The lowest BCUT2D eigenvalue weighted by Crippen LogP contribution is -2.40. The van der Waals surface area contributed by atoms with Crippen molar-refractivity contribution in [1.82, 2.24) is 5.32 Å². The maximum Gasteiger partial charge on any atom is 0.251 e. The summed E-state index contributed by atoms with van der Waals surface area (Å²) in [7, 11) is -1.52. The number of methoxy groups -OCH3 is 1. The maximum absolute atomic E-state index is 12.1. The second kappa shape index (κ2) is 5.21. The van der Waals surface area contributed by atoms with Crippen molar-refractivity contribution in [2.24, 2.45) is 0 Å². The number of rotatable bonds is 3. The number of nitrogens with one attached hydrogen (secondary N) is 1. The van der Waals surface area contributed by atoms with E-state index in [0.29, 0.717) is 17.7 Å². The minimum absolute atomic E-state index is 0.136. The van der Waals surface area contributed by atoms with Gasteiger partial charge in [-0.1, -0.05) is 6.07 Å². The summed E-state index contributed by atoms with van der Waals surface area (Å²) in [6, 6.07) is 6.46. The number of carbonyl (C=O) groups is 1. The van der Waals surface area contributed by atoms with Crippen LogP contribution in [0, 0.1) is 0 Å². The zero-order valence-electron chi connectivity index (χ0n) is 10.9. The van der Waals surface area contributed by atoms with Crippen LogP contribution in [0.3, 0.4) is 0 Å². The molecule has 0 radical (unpaired) electrons. The minimum atomic E-state index is -3.05. The lowest BCUT2D eigenvalue weighted by molar-refractivity contribution is 0.0937. The van der Waals surface area contributed by atoms with Gasteiger partial charge in [0.1, 0.15) is 5.75 Å². The van der Waals surface area contributed by atoms with Crippen LogP contribution in [0.2, 0.25) is 0 Å². The van der Waals surface area contributed by atoms with E-state index < -0.39 is 15.1 Å². The van der Waals surface area contributed by atoms with Gasteiger partial charge in [-0.15, -0.1) is 0 Å². The molecule has 1 fully saturated rings. The van der Waals surface area contributed by atoms with Crippen molar-refractivity contribution in [1.29, 1.82) is 0 Å². The molecular formula is C13H17NO4S. The maximum atomic E-state index is 12.1. The molecule has 1 N–H and O–H groups in total. The highest BCUT2D eigenvalue weighted by Gasteiger charge is 2.37. The van der Waals surface area contributed by atoms with Crippen LogP contribution in [-0.2, 0) is 9.84 Å². The number of amides is 1. The van der Waals surface area contributed by atoms with Gasteiger partial charge in [-0.2, -0.15) is 0 Å². The van der Waals surface area contributed by atoms with Crippen molar-refractivity contribution < 1.29 is 17.9 Å². The third kappa shape index (κ3) is 2.89. The molecule has 0 aliphatic carbocycles. The van der Waals surface area contributed by atoms with Crippen LogP contribution in [0.5, 0.6) is 5.75 Å². The molecule has 0 bridgehead atoms. The summed E-state index contributed by atoms with van der Waals surface area (Å²) in [5.41, 5.74) is 0.468. The first-order valence-corrected chi connectivity index (χ1v) is 7.82. The molecule has 5 nitrogen and oxygen atoms in total. The zero-order valence-corrected chi connectivity index (χ0v) is 11.7. The molecule has 2 atom stereocenters. The van der Waals surface area contributed by atoms with E-state index in [1.165, 1.54) is 7.11 Å². The van der Waals surface area contributed by atoms with E-state index in [0.717, 1.165) is 0 Å². The highest BCUT2D eigenvalue weighted by Crippen LogP contribution is 2.21. The lowest BCUT2D eigenvalue weighted by Gasteiger charge is -2.16. The van der Waals surface area contributed by atoms with Crippen molar-refractivity contribution in [3.8, 4) is 5.75 Å². The molecule has 104 valence electrons. The molecule has 0 aromatic heterocycles. The standard InChI is InChI=1S/C13H17NO4S/c1-9-12(6-7-19(9,16)17)14-13(15)10-4-3-5-11(8-10)18-2/h3-5,8-9,12H,6-7H2,1-2H3,(H,14,15)/t9-,12-/m0/s1. The fourth-order valence-electron chi connectivity index (χ4n) is 2.17. The molecule has 1 aromatic rings. The van der Waals surface area contributed by atoms with Gasteiger partial charge in [-0.25, -0.2) is 8.42 Å². The highest BCUT2D eigenvalue weighted by atomic mass is 32.2. The second-order valence-corrected chi connectivity index (χ2v) is 7.15. The molecule has 2 rings (SSSR count). The Morgan fingerprint density at radius 3 is 2.74 bits per heavy atom. The van der Waals surface area contributed by atoms with Crippen LogP contribution in [0.4, 0.5) is 0 Å². The van der Waals surface area contributed by atoms with Crippen molar-refractivity contribution >= 4 is 15.7 Å². The highest BCUT2D eigenvalue weighted by molar-refractivity contribution is 7.92. The first kappa shape index (κ1) is 13.9. The Morgan fingerprint density at radius 1 is 1.42 bits per heavy atom. The van der Waals surface area contributed by atoms with E-state index in [1.54, 1.807) is 31.2 Å². The fourth-order valence-corrected chi connectivity index (χ4v) is 3.83. The van der Waals surface area contributed by atoms with Crippen LogP contribution in [0.25, 0.3) is 0 Å². The summed E-state index contributed by atoms with van der Waals surface area (Å²) in [6.07, 6.45) is 0.471. The van der Waals surface area contributed by atoms with Crippen LogP contribution < -0.4 is 10.1 Å². The third-order valence-electron chi connectivity index (χ3n) is 3.49. The van der Waals surface area contributed by atoms with Gasteiger partial charge in [-0.05, 0) is 31.5 Å². The molecule has 0 unspecified atom stereocenters. The monoisotopic (exact) mass is 283 g/mol. The second-order valence-electron chi connectivity index (χ2n) is 4.67. The Balaban J connectivity index is 2.09. The number of hydrogen-bond acceptors (Lipinski definition) is 4. The van der Waals surface area contributed by atoms with Gasteiger partial charge in [0.05, 0.1) is 18.1 Å². The van der Waals surface area contributed by atoms with Crippen LogP contribution in [-0.4, -0.2) is 38.5 Å². The summed E-state index contributed by atoms with van der Waals surface area (Å²) in [4.78, 5) is 12.1. The Hall–Kier alpha value is -1.56. The quantitative estimate of drug-likeness (QED) is 0.898. The normalized spacial score (nSPS) is 24.9. The van der Waals surface area contributed by atoms with Gasteiger partial charge in [0, 0.05) is 11.6 Å². The number of ether oxygens (including phenoxy) is 1. The Bertz CT molecular complexity index is 582. The number of benzene rings is 1. The van der Waals surface area contributed by atoms with E-state index in [-0.39, 0.29) is 17.7 Å². The van der Waals surface area contributed by atoms with E-state index >= 15 is 0 Å². The molecule has 0 saturated carbocycles. The first-order chi connectivity index (χ1) is 8.94. The SMILES string of the molecule is COc1cccc(C(=O)N[C@H]2CCS(=O)(=O)[C@H]2C)c1. The first-order valence-electron chi connectivity index (χ1n) is 6.10. The van der Waals surface area contributed by atoms with Gasteiger partial charge in [-0.3, -0.25) is 4.79 Å². The van der Waals surface area contributed by atoms with Crippen LogP contribution >= 0.6 is 0 Å². The van der Waals surface area contributed by atoms with Gasteiger partial charge in [0.15, 0.2) is 9.84 Å². The molecular weight excluding hydrogens is 266 g/mol. The van der Waals surface area contributed by atoms with Crippen molar-refractivity contribution in [3.63, 3.8) is 0 Å². The van der Waals surface area contributed by atoms with Gasteiger partial charge in [0.2, 0.25) is 0 Å². The lowest BCUT2D eigenvalue weighted by atomic mass is 10.1. The average Bonchev–Trinajstić information content (AvgIpc) is 2.66. The number of carbonyl (C=O) groups excluding carboxylic acids is 1. The summed E-state index contributed by atoms with van der Waals surface area (Å²) >= 11 is 0. The van der Waals surface area contributed by atoms with E-state index in [4.69, 9.17) is 4.74 Å². The molecule has 19 heavy (non-hydrogen) atoms. The van der Waals surface area contributed by atoms with E-state index in [2.05, 4.69) is 5.32 Å². The zero-order chi connectivity index (χ0) is 14.0. The Morgan fingerprint density at radius 2 is 2.16 bits per heavy atom. The summed E-state index contributed by atoms with van der Waals surface area (Å²) in [6.45, 7) is 1.64. The molecule has 1 aliphatic heterocycles. The summed E-state index contributed by atoms with van der Waals surface area (Å²) in [5, 5.41) is 2.25. The largest absolute Gasteiger partial charge is 0.497 e. The summed E-state index contributed by atoms with van der Waals surface area (Å²) in [5.74, 6) is 0.463. The van der Waals surface area contributed by atoms with Crippen molar-refractivity contribution in [2.45, 2.75) is 24.6 Å². The predicted molar refractivity (Wildman–Crippen MR) is 72.1 cm³/mol. The number of hydrogen-bond donors (Lipinski definition) is 1. The van der Waals surface area contributed by atoms with Crippen LogP contribution in [0.15, 0.2) is 24.3 Å². The summed E-state index contributed by atoms with van der Waals surface area (Å²) < 4.78 is 28.3. The molecule has 1 aromatic carbocycles. The van der Waals surface area contributed by atoms with Gasteiger partial charge in [0.25, 0.3) is 5.91 Å². The van der Waals surface area contributed by atoms with Gasteiger partial charge < -0.3 is 10.1 Å². The smallest absolute Gasteiger partial charge is 0.251 e.